The lowest BCUT2D eigenvalue weighted by atomic mass is 9.98. The van der Waals surface area contributed by atoms with Crippen molar-refractivity contribution in [1.29, 1.82) is 0 Å². The molecule has 3 rings (SSSR count). The van der Waals surface area contributed by atoms with E-state index < -0.39 is 12.1 Å². The number of fused-ring (bicyclic) bond motifs is 3. The highest BCUT2D eigenvalue weighted by molar-refractivity contribution is 5.79. The van der Waals surface area contributed by atoms with E-state index in [-0.39, 0.29) is 37.3 Å². The first kappa shape index (κ1) is 24.3. The van der Waals surface area contributed by atoms with Crippen molar-refractivity contribution in [2.75, 3.05) is 19.7 Å². The number of ether oxygens (including phenoxy) is 1. The summed E-state index contributed by atoms with van der Waals surface area (Å²) in [6.07, 6.45) is 0.639. The number of hydrogen-bond donors (Lipinski definition) is 2. The molecule has 2 N–H and O–H groups in total. The number of nitrogens with one attached hydrogen (secondary N) is 1. The van der Waals surface area contributed by atoms with Crippen LogP contribution in [0.3, 0.4) is 0 Å². The van der Waals surface area contributed by atoms with E-state index in [4.69, 9.17) is 9.84 Å². The van der Waals surface area contributed by atoms with E-state index in [0.29, 0.717) is 25.9 Å². The first-order valence-electron chi connectivity index (χ1n) is 11.6. The van der Waals surface area contributed by atoms with Crippen LogP contribution in [0.5, 0.6) is 0 Å². The van der Waals surface area contributed by atoms with Crippen LogP contribution in [-0.2, 0) is 14.3 Å². The second kappa shape index (κ2) is 11.5. The maximum atomic E-state index is 12.6. The molecule has 0 aromatic heterocycles. The Morgan fingerprint density at radius 1 is 1.03 bits per heavy atom. The lowest BCUT2D eigenvalue weighted by molar-refractivity contribution is -0.138. The predicted octanol–water partition coefficient (Wildman–Crippen LogP) is 4.41. The Bertz CT molecular complexity index is 945. The minimum Gasteiger partial charge on any atom is -0.481 e. The third-order valence-electron chi connectivity index (χ3n) is 6.13. The van der Waals surface area contributed by atoms with Gasteiger partial charge in [-0.25, -0.2) is 4.79 Å². The van der Waals surface area contributed by atoms with Crippen LogP contribution < -0.4 is 5.32 Å². The monoisotopic (exact) mass is 452 g/mol. The van der Waals surface area contributed by atoms with Gasteiger partial charge in [-0.2, -0.15) is 0 Å². The van der Waals surface area contributed by atoms with Gasteiger partial charge in [-0.1, -0.05) is 55.5 Å². The quantitative estimate of drug-likeness (QED) is 0.527. The Morgan fingerprint density at radius 2 is 1.64 bits per heavy atom. The average Bonchev–Trinajstić information content (AvgIpc) is 3.13. The Kier molecular flexibility index (Phi) is 8.46. The minimum absolute atomic E-state index is 0.0188. The van der Waals surface area contributed by atoms with Gasteiger partial charge in [0.2, 0.25) is 5.91 Å². The van der Waals surface area contributed by atoms with Crippen molar-refractivity contribution in [3.8, 4) is 11.1 Å². The maximum Gasteiger partial charge on any atom is 0.407 e. The molecule has 1 aliphatic rings. The molecule has 0 fully saturated rings. The Morgan fingerprint density at radius 3 is 2.18 bits per heavy atom. The molecule has 1 atom stereocenters. The highest BCUT2D eigenvalue weighted by atomic mass is 16.5. The summed E-state index contributed by atoms with van der Waals surface area (Å²) < 4.78 is 5.59. The zero-order valence-corrected chi connectivity index (χ0v) is 19.3. The summed E-state index contributed by atoms with van der Waals surface area (Å²) >= 11 is 0. The van der Waals surface area contributed by atoms with Gasteiger partial charge >= 0.3 is 12.1 Å². The summed E-state index contributed by atoms with van der Waals surface area (Å²) in [6.45, 7) is 4.88. The lowest BCUT2D eigenvalue weighted by Gasteiger charge is -2.24. The van der Waals surface area contributed by atoms with Gasteiger partial charge in [0.15, 0.2) is 0 Å². The molecule has 0 unspecified atom stereocenters. The molecular formula is C26H32N2O5. The van der Waals surface area contributed by atoms with Crippen molar-refractivity contribution in [2.24, 2.45) is 0 Å². The average molecular weight is 453 g/mol. The van der Waals surface area contributed by atoms with Gasteiger partial charge in [0, 0.05) is 37.9 Å². The fraction of sp³-hybridized carbons (Fsp3) is 0.423. The molecule has 2 aromatic rings. The lowest BCUT2D eigenvalue weighted by Crippen LogP contribution is -2.41. The van der Waals surface area contributed by atoms with Crippen molar-refractivity contribution in [1.82, 2.24) is 10.2 Å². The van der Waals surface area contributed by atoms with Gasteiger partial charge in [-0.15, -0.1) is 0 Å². The van der Waals surface area contributed by atoms with Crippen molar-refractivity contribution in [3.05, 3.63) is 59.7 Å². The van der Waals surface area contributed by atoms with Crippen LogP contribution in [0.1, 0.15) is 56.6 Å². The van der Waals surface area contributed by atoms with E-state index in [1.54, 1.807) is 4.90 Å². The number of carboxylic acids is 1. The molecule has 0 aliphatic heterocycles. The molecule has 7 heteroatoms. The zero-order valence-electron chi connectivity index (χ0n) is 19.3. The van der Waals surface area contributed by atoms with Crippen molar-refractivity contribution in [3.63, 3.8) is 0 Å². The van der Waals surface area contributed by atoms with Crippen LogP contribution >= 0.6 is 0 Å². The van der Waals surface area contributed by atoms with E-state index >= 15 is 0 Å². The van der Waals surface area contributed by atoms with E-state index in [2.05, 4.69) is 29.6 Å². The molecular weight excluding hydrogens is 420 g/mol. The van der Waals surface area contributed by atoms with Gasteiger partial charge in [-0.05, 0) is 42.0 Å². The second-order valence-corrected chi connectivity index (χ2v) is 8.25. The second-order valence-electron chi connectivity index (χ2n) is 8.25. The summed E-state index contributed by atoms with van der Waals surface area (Å²) in [6, 6.07) is 16.0. The van der Waals surface area contributed by atoms with E-state index in [9.17, 15) is 14.4 Å². The first-order chi connectivity index (χ1) is 15.9. The smallest absolute Gasteiger partial charge is 0.407 e. The number of carbonyl (C=O) groups is 3. The number of benzene rings is 2. The molecule has 0 spiro atoms. The number of amides is 2. The molecule has 2 amide bonds. The van der Waals surface area contributed by atoms with Gasteiger partial charge in [-0.3, -0.25) is 9.59 Å². The molecule has 7 nitrogen and oxygen atoms in total. The third-order valence-corrected chi connectivity index (χ3v) is 6.13. The topological polar surface area (TPSA) is 95.9 Å². The minimum atomic E-state index is -0.873. The predicted molar refractivity (Wildman–Crippen MR) is 126 cm³/mol. The van der Waals surface area contributed by atoms with E-state index in [1.807, 2.05) is 38.1 Å². The number of carboxylic acid groups (broad SMARTS) is 1. The van der Waals surface area contributed by atoms with Crippen LogP contribution in [-0.4, -0.2) is 53.7 Å². The van der Waals surface area contributed by atoms with Crippen LogP contribution in [0.15, 0.2) is 48.5 Å². The summed E-state index contributed by atoms with van der Waals surface area (Å²) in [7, 11) is 0. The molecule has 0 heterocycles. The Labute approximate surface area is 194 Å². The van der Waals surface area contributed by atoms with Crippen molar-refractivity contribution >= 4 is 18.0 Å². The largest absolute Gasteiger partial charge is 0.481 e. The molecule has 0 radical (unpaired) electrons. The molecule has 176 valence electrons. The number of alkyl carbamates (subject to hydrolysis) is 1. The van der Waals surface area contributed by atoms with Gasteiger partial charge in [0.1, 0.15) is 6.61 Å². The highest BCUT2D eigenvalue weighted by Crippen LogP contribution is 2.44. The summed E-state index contributed by atoms with van der Waals surface area (Å²) in [5.41, 5.74) is 4.63. The molecule has 1 aliphatic carbocycles. The van der Waals surface area contributed by atoms with Crippen LogP contribution in [0.25, 0.3) is 11.1 Å². The number of aliphatic carboxylic acids is 1. The molecule has 0 bridgehead atoms. The van der Waals surface area contributed by atoms with Crippen LogP contribution in [0, 0.1) is 0 Å². The summed E-state index contributed by atoms with van der Waals surface area (Å²) in [5.74, 6) is -0.995. The van der Waals surface area contributed by atoms with Crippen molar-refractivity contribution < 1.29 is 24.2 Å². The van der Waals surface area contributed by atoms with Crippen molar-refractivity contribution in [2.45, 2.75) is 51.5 Å². The van der Waals surface area contributed by atoms with E-state index in [0.717, 1.165) is 11.1 Å². The highest BCUT2D eigenvalue weighted by Gasteiger charge is 2.29. The number of nitrogens with zero attached hydrogens (tertiary/aromatic N) is 1. The SMILES string of the molecule is CC[C@H](CC(=O)N(CC)CCCC(=O)O)NC(=O)OCC1c2ccccc2-c2ccccc21. The first-order valence-corrected chi connectivity index (χ1v) is 11.6. The van der Waals surface area contributed by atoms with E-state index in [1.165, 1.54) is 11.1 Å². The standard InChI is InChI=1S/C26H32N2O5/c1-3-18(16-24(29)28(4-2)15-9-14-25(30)31)27-26(32)33-17-23-21-12-7-5-10-19(21)20-11-6-8-13-22(20)23/h5-8,10-13,18,23H,3-4,9,14-17H2,1-2H3,(H,27,32)(H,30,31)/t18-/m1/s1. The molecule has 33 heavy (non-hydrogen) atoms. The molecule has 2 aromatic carbocycles. The zero-order chi connectivity index (χ0) is 23.8. The fourth-order valence-electron chi connectivity index (χ4n) is 4.32. The fourth-order valence-corrected chi connectivity index (χ4v) is 4.32. The number of carbonyl (C=O) groups excluding carboxylic acids is 2. The van der Waals surface area contributed by atoms with Gasteiger partial charge in [0.05, 0.1) is 0 Å². The number of rotatable bonds is 11. The number of hydrogen-bond acceptors (Lipinski definition) is 4. The summed E-state index contributed by atoms with van der Waals surface area (Å²) in [4.78, 5) is 37.5. The Balaban J connectivity index is 1.54. The molecule has 0 saturated carbocycles. The molecule has 0 saturated heterocycles. The normalized spacial score (nSPS) is 13.0. The third kappa shape index (κ3) is 6.12. The summed E-state index contributed by atoms with van der Waals surface area (Å²) in [5, 5.41) is 11.6. The Hall–Kier alpha value is -3.35. The van der Waals surface area contributed by atoms with Crippen LogP contribution in [0.4, 0.5) is 4.79 Å². The van der Waals surface area contributed by atoms with Gasteiger partial charge in [0.25, 0.3) is 0 Å². The van der Waals surface area contributed by atoms with Gasteiger partial charge < -0.3 is 20.1 Å². The maximum absolute atomic E-state index is 12.6. The van der Waals surface area contributed by atoms with Crippen LogP contribution in [0.2, 0.25) is 0 Å².